The quantitative estimate of drug-likeness (QED) is 0.171. The second kappa shape index (κ2) is 11.9. The number of rotatable bonds is 5. The van der Waals surface area contributed by atoms with Crippen LogP contribution in [0.2, 0.25) is 0 Å². The van der Waals surface area contributed by atoms with Gasteiger partial charge in [-0.15, -0.1) is 0 Å². The molecule has 0 N–H and O–H groups in total. The van der Waals surface area contributed by atoms with Crippen LogP contribution >= 0.6 is 0 Å². The van der Waals surface area contributed by atoms with E-state index in [0.29, 0.717) is 0 Å². The number of para-hydroxylation sites is 2. The van der Waals surface area contributed by atoms with Gasteiger partial charge in [-0.1, -0.05) is 141 Å². The Balaban J connectivity index is 1.01. The predicted molar refractivity (Wildman–Crippen MR) is 233 cm³/mol. The van der Waals surface area contributed by atoms with E-state index in [1.54, 1.807) is 11.1 Å². The monoisotopic (exact) mass is 721 g/mol. The van der Waals surface area contributed by atoms with Crippen LogP contribution < -0.4 is 4.90 Å². The highest BCUT2D eigenvalue weighted by Gasteiger charge is 2.61. The number of nitrogens with zero attached hydrogens (tertiary/aromatic N) is 1. The van der Waals surface area contributed by atoms with Crippen molar-refractivity contribution in [3.63, 3.8) is 0 Å². The minimum Gasteiger partial charge on any atom is -0.310 e. The summed E-state index contributed by atoms with van der Waals surface area (Å²) in [7, 11) is 0. The highest BCUT2D eigenvalue weighted by atomic mass is 15.1. The van der Waals surface area contributed by atoms with Crippen LogP contribution in [-0.4, -0.2) is 0 Å². The Kier molecular flexibility index (Phi) is 6.93. The van der Waals surface area contributed by atoms with E-state index in [1.165, 1.54) is 99.1 Å². The van der Waals surface area contributed by atoms with Crippen molar-refractivity contribution in [2.45, 2.75) is 56.8 Å². The van der Waals surface area contributed by atoms with Crippen LogP contribution in [0.5, 0.6) is 0 Å². The van der Waals surface area contributed by atoms with Crippen molar-refractivity contribution < 1.29 is 0 Å². The number of fused-ring (bicyclic) bond motifs is 6. The fraction of sp³-hybridized carbons (Fsp3) is 0.236. The topological polar surface area (TPSA) is 3.24 Å². The SMILES string of the molecule is CC1(C)c2cc(N(c3ccccc3)c3ccccc3-c3ccc4c(c3)-c3ccccc3C43C4CC5CC(C4)CC3C5)ccc2-c2c(-c3ccccc3)cccc21. The molecule has 1 heteroatoms. The third-order valence-electron chi connectivity index (χ3n) is 15.1. The van der Waals surface area contributed by atoms with E-state index in [0.717, 1.165) is 29.4 Å². The summed E-state index contributed by atoms with van der Waals surface area (Å²) in [5.74, 6) is 3.43. The average Bonchev–Trinajstić information content (AvgIpc) is 3.66. The molecule has 6 aliphatic carbocycles. The molecule has 56 heavy (non-hydrogen) atoms. The van der Waals surface area contributed by atoms with Crippen molar-refractivity contribution >= 4 is 17.1 Å². The van der Waals surface area contributed by atoms with Crippen LogP contribution in [0.1, 0.15) is 68.2 Å². The molecule has 0 heterocycles. The molecule has 272 valence electrons. The maximum atomic E-state index is 2.57. The van der Waals surface area contributed by atoms with E-state index in [9.17, 15) is 0 Å². The first kappa shape index (κ1) is 32.6. The van der Waals surface area contributed by atoms with E-state index in [-0.39, 0.29) is 10.8 Å². The lowest BCUT2D eigenvalue weighted by Crippen LogP contribution is -2.55. The van der Waals surface area contributed by atoms with E-state index in [2.05, 4.69) is 183 Å². The first-order chi connectivity index (χ1) is 27.5. The fourth-order valence-electron chi connectivity index (χ4n) is 13.0. The minimum absolute atomic E-state index is 0.144. The Bertz CT molecular complexity index is 2660. The van der Waals surface area contributed by atoms with Crippen LogP contribution in [0, 0.1) is 23.7 Å². The van der Waals surface area contributed by atoms with Crippen molar-refractivity contribution in [2.75, 3.05) is 4.90 Å². The molecule has 4 fully saturated rings. The summed E-state index contributed by atoms with van der Waals surface area (Å²) in [6.45, 7) is 4.80. The second-order valence-electron chi connectivity index (χ2n) is 18.1. The molecule has 6 aliphatic rings. The van der Waals surface area contributed by atoms with E-state index >= 15 is 0 Å². The van der Waals surface area contributed by atoms with Crippen LogP contribution in [0.25, 0.3) is 44.5 Å². The van der Waals surface area contributed by atoms with Gasteiger partial charge in [0.2, 0.25) is 0 Å². The van der Waals surface area contributed by atoms with E-state index in [4.69, 9.17) is 0 Å². The highest BCUT2D eigenvalue weighted by Crippen LogP contribution is 2.69. The Morgan fingerprint density at radius 1 is 0.411 bits per heavy atom. The number of hydrogen-bond acceptors (Lipinski definition) is 1. The van der Waals surface area contributed by atoms with Gasteiger partial charge in [0.15, 0.2) is 0 Å². The Hall–Kier alpha value is -5.66. The first-order valence-corrected chi connectivity index (χ1v) is 21.0. The molecule has 0 unspecified atom stereocenters. The van der Waals surface area contributed by atoms with Gasteiger partial charge in [-0.05, 0) is 153 Å². The molecule has 0 amide bonds. The highest BCUT2D eigenvalue weighted by molar-refractivity contribution is 5.96. The van der Waals surface area contributed by atoms with Gasteiger partial charge >= 0.3 is 0 Å². The second-order valence-corrected chi connectivity index (χ2v) is 18.1. The predicted octanol–water partition coefficient (Wildman–Crippen LogP) is 14.5. The third kappa shape index (κ3) is 4.43. The summed E-state index contributed by atoms with van der Waals surface area (Å²) in [5.41, 5.74) is 20.4. The van der Waals surface area contributed by atoms with Crippen LogP contribution in [0.4, 0.5) is 17.1 Å². The molecule has 0 saturated heterocycles. The van der Waals surface area contributed by atoms with Gasteiger partial charge in [0.05, 0.1) is 5.69 Å². The Morgan fingerprint density at radius 2 is 1.04 bits per heavy atom. The van der Waals surface area contributed by atoms with Gasteiger partial charge in [0, 0.05) is 27.8 Å². The summed E-state index contributed by atoms with van der Waals surface area (Å²) in [6.07, 6.45) is 7.12. The molecule has 7 aromatic rings. The lowest BCUT2D eigenvalue weighted by molar-refractivity contribution is -0.0399. The van der Waals surface area contributed by atoms with Gasteiger partial charge in [-0.3, -0.25) is 0 Å². The zero-order valence-corrected chi connectivity index (χ0v) is 32.4. The molecule has 0 aliphatic heterocycles. The molecule has 13 rings (SSSR count). The van der Waals surface area contributed by atoms with Gasteiger partial charge in [0.1, 0.15) is 0 Å². The van der Waals surface area contributed by atoms with Crippen molar-refractivity contribution in [3.05, 3.63) is 186 Å². The van der Waals surface area contributed by atoms with Gasteiger partial charge in [-0.25, -0.2) is 0 Å². The summed E-state index contributed by atoms with van der Waals surface area (Å²) >= 11 is 0. The zero-order chi connectivity index (χ0) is 37.2. The van der Waals surface area contributed by atoms with E-state index < -0.39 is 0 Å². The first-order valence-electron chi connectivity index (χ1n) is 21.0. The fourth-order valence-corrected chi connectivity index (χ4v) is 13.0. The third-order valence-corrected chi connectivity index (χ3v) is 15.1. The average molecular weight is 722 g/mol. The normalized spacial score (nSPS) is 24.1. The lowest BCUT2D eigenvalue weighted by atomic mass is 9.43. The minimum atomic E-state index is -0.144. The standard InChI is InChI=1S/C55H47N/c1-54(2)50-22-13-20-44(37-14-5-3-6-15-37)53(50)46-26-25-42(34-51(46)54)56(41-16-7-4-8-17-41)52-23-12-10-18-43(52)38-24-27-49-47(33-38)45-19-9-11-21-48(45)55(49)39-29-35-28-36(31-39)32-40(55)30-35/h3-27,33-36,39-40H,28-32H2,1-2H3. The molecular weight excluding hydrogens is 675 g/mol. The van der Waals surface area contributed by atoms with Crippen molar-refractivity contribution in [2.24, 2.45) is 23.7 Å². The number of hydrogen-bond donors (Lipinski definition) is 0. The largest absolute Gasteiger partial charge is 0.310 e. The molecule has 1 spiro atoms. The maximum Gasteiger partial charge on any atom is 0.0540 e. The zero-order valence-electron chi connectivity index (χ0n) is 32.4. The van der Waals surface area contributed by atoms with Crippen LogP contribution in [0.15, 0.2) is 164 Å². The summed E-state index contributed by atoms with van der Waals surface area (Å²) in [6, 6.07) is 62.1. The van der Waals surface area contributed by atoms with Crippen molar-refractivity contribution in [1.29, 1.82) is 0 Å². The lowest BCUT2D eigenvalue weighted by Gasteiger charge is -2.61. The van der Waals surface area contributed by atoms with Gasteiger partial charge in [-0.2, -0.15) is 0 Å². The summed E-state index contributed by atoms with van der Waals surface area (Å²) in [5, 5.41) is 0. The van der Waals surface area contributed by atoms with Crippen LogP contribution in [-0.2, 0) is 10.8 Å². The Morgan fingerprint density at radius 3 is 1.80 bits per heavy atom. The molecule has 4 bridgehead atoms. The van der Waals surface area contributed by atoms with E-state index in [1.807, 2.05) is 0 Å². The summed E-state index contributed by atoms with van der Waals surface area (Å²) < 4.78 is 0. The molecule has 0 aromatic heterocycles. The smallest absolute Gasteiger partial charge is 0.0540 e. The maximum absolute atomic E-state index is 2.57. The molecular formula is C55H47N. The molecule has 7 aromatic carbocycles. The Labute approximate surface area is 331 Å². The summed E-state index contributed by atoms with van der Waals surface area (Å²) in [4.78, 5) is 2.49. The van der Waals surface area contributed by atoms with Gasteiger partial charge in [0.25, 0.3) is 0 Å². The van der Waals surface area contributed by atoms with Crippen LogP contribution in [0.3, 0.4) is 0 Å². The number of benzene rings is 7. The molecule has 0 atom stereocenters. The molecule has 1 nitrogen and oxygen atoms in total. The van der Waals surface area contributed by atoms with Gasteiger partial charge < -0.3 is 4.90 Å². The molecule has 4 saturated carbocycles. The van der Waals surface area contributed by atoms with Crippen molar-refractivity contribution in [1.82, 2.24) is 0 Å². The molecule has 0 radical (unpaired) electrons. The number of anilines is 3. The van der Waals surface area contributed by atoms with Crippen molar-refractivity contribution in [3.8, 4) is 44.5 Å².